The van der Waals surface area contributed by atoms with Crippen LogP contribution in [0, 0.1) is 17.7 Å². The fraction of sp³-hybridized carbons (Fsp3) is 0.538. The zero-order chi connectivity index (χ0) is 10.5. The van der Waals surface area contributed by atoms with Gasteiger partial charge in [-0.3, -0.25) is 0 Å². The number of aliphatic hydroxyl groups is 1. The molecular formula is C13H15FO. The summed E-state index contributed by atoms with van der Waals surface area (Å²) >= 11 is 0. The average molecular weight is 206 g/mol. The Balaban J connectivity index is 1.96. The van der Waals surface area contributed by atoms with E-state index in [9.17, 15) is 9.50 Å². The Bertz CT molecular complexity index is 373. The number of hydrogen-bond donors (Lipinski definition) is 1. The average Bonchev–Trinajstić information content (AvgIpc) is 2.78. The fourth-order valence-corrected chi connectivity index (χ4v) is 3.39. The van der Waals surface area contributed by atoms with Crippen LogP contribution < -0.4 is 0 Å². The van der Waals surface area contributed by atoms with Crippen molar-refractivity contribution in [1.29, 1.82) is 0 Å². The molecule has 2 aliphatic rings. The molecule has 0 aliphatic heterocycles. The lowest BCUT2D eigenvalue weighted by Crippen LogP contribution is -2.32. The van der Waals surface area contributed by atoms with E-state index in [4.69, 9.17) is 0 Å². The molecular weight excluding hydrogens is 191 g/mol. The molecule has 2 aliphatic carbocycles. The van der Waals surface area contributed by atoms with Crippen molar-refractivity contribution in [3.63, 3.8) is 0 Å². The first-order valence-electron chi connectivity index (χ1n) is 5.67. The topological polar surface area (TPSA) is 20.2 Å². The van der Waals surface area contributed by atoms with E-state index >= 15 is 0 Å². The smallest absolute Gasteiger partial charge is 0.123 e. The molecule has 80 valence electrons. The second kappa shape index (κ2) is 3.05. The lowest BCUT2D eigenvalue weighted by molar-refractivity contribution is -0.0182. The molecule has 0 saturated heterocycles. The van der Waals surface area contributed by atoms with Crippen LogP contribution in [0.4, 0.5) is 4.39 Å². The van der Waals surface area contributed by atoms with E-state index in [1.165, 1.54) is 18.6 Å². The Morgan fingerprint density at radius 2 is 1.93 bits per heavy atom. The highest BCUT2D eigenvalue weighted by molar-refractivity contribution is 5.26. The molecule has 3 rings (SSSR count). The highest BCUT2D eigenvalue weighted by Crippen LogP contribution is 2.55. The lowest BCUT2D eigenvalue weighted by atomic mass is 9.79. The van der Waals surface area contributed by atoms with E-state index in [1.54, 1.807) is 12.1 Å². The van der Waals surface area contributed by atoms with Crippen molar-refractivity contribution in [3.8, 4) is 0 Å². The van der Waals surface area contributed by atoms with Gasteiger partial charge in [-0.2, -0.15) is 0 Å². The number of benzene rings is 1. The van der Waals surface area contributed by atoms with E-state index in [0.717, 1.165) is 24.8 Å². The molecule has 0 unspecified atom stereocenters. The van der Waals surface area contributed by atoms with Gasteiger partial charge in [0.2, 0.25) is 0 Å². The van der Waals surface area contributed by atoms with Gasteiger partial charge in [0.15, 0.2) is 0 Å². The molecule has 3 atom stereocenters. The van der Waals surface area contributed by atoms with Crippen LogP contribution in [0.5, 0.6) is 0 Å². The molecule has 2 saturated carbocycles. The molecule has 0 aromatic heterocycles. The summed E-state index contributed by atoms with van der Waals surface area (Å²) in [4.78, 5) is 0. The van der Waals surface area contributed by atoms with Gasteiger partial charge in [0.05, 0.1) is 5.60 Å². The van der Waals surface area contributed by atoms with Gasteiger partial charge in [0, 0.05) is 0 Å². The minimum absolute atomic E-state index is 0.231. The van der Waals surface area contributed by atoms with Crippen LogP contribution in [0.1, 0.15) is 31.2 Å². The van der Waals surface area contributed by atoms with E-state index in [2.05, 4.69) is 0 Å². The van der Waals surface area contributed by atoms with Crippen LogP contribution in [0.25, 0.3) is 0 Å². The Labute approximate surface area is 88.9 Å². The third-order valence-electron chi connectivity index (χ3n) is 4.16. The number of hydrogen-bond acceptors (Lipinski definition) is 1. The molecule has 2 fully saturated rings. The van der Waals surface area contributed by atoms with Crippen molar-refractivity contribution in [2.24, 2.45) is 11.8 Å². The van der Waals surface area contributed by atoms with Crippen LogP contribution in [0.3, 0.4) is 0 Å². The third kappa shape index (κ3) is 1.31. The van der Waals surface area contributed by atoms with Crippen molar-refractivity contribution in [3.05, 3.63) is 35.6 Å². The van der Waals surface area contributed by atoms with Crippen molar-refractivity contribution in [2.45, 2.75) is 31.3 Å². The zero-order valence-electron chi connectivity index (χ0n) is 8.62. The molecule has 1 aromatic rings. The Morgan fingerprint density at radius 3 is 2.47 bits per heavy atom. The van der Waals surface area contributed by atoms with Crippen LogP contribution in [0.2, 0.25) is 0 Å². The first-order chi connectivity index (χ1) is 7.18. The summed E-state index contributed by atoms with van der Waals surface area (Å²) in [7, 11) is 0. The summed E-state index contributed by atoms with van der Waals surface area (Å²) < 4.78 is 12.8. The molecule has 1 nitrogen and oxygen atoms in total. The number of rotatable bonds is 1. The maximum Gasteiger partial charge on any atom is 0.123 e. The van der Waals surface area contributed by atoms with Gasteiger partial charge in [-0.15, -0.1) is 0 Å². The van der Waals surface area contributed by atoms with Crippen molar-refractivity contribution in [1.82, 2.24) is 0 Å². The SMILES string of the molecule is O[C@@]1(c2ccc(F)cc2)C[C@H]2CC[C@@H]1C2. The first kappa shape index (κ1) is 9.34. The third-order valence-corrected chi connectivity index (χ3v) is 4.16. The second-order valence-electron chi connectivity index (χ2n) is 5.01. The highest BCUT2D eigenvalue weighted by Gasteiger charge is 2.50. The van der Waals surface area contributed by atoms with Crippen molar-refractivity contribution < 1.29 is 9.50 Å². The summed E-state index contributed by atoms with van der Waals surface area (Å²) in [6, 6.07) is 6.35. The summed E-state index contributed by atoms with van der Waals surface area (Å²) in [6.07, 6.45) is 4.39. The van der Waals surface area contributed by atoms with Gasteiger partial charge in [-0.1, -0.05) is 12.1 Å². The largest absolute Gasteiger partial charge is 0.385 e. The molecule has 0 amide bonds. The van der Waals surface area contributed by atoms with Crippen LogP contribution in [-0.2, 0) is 5.60 Å². The Hall–Kier alpha value is -0.890. The van der Waals surface area contributed by atoms with Gasteiger partial charge < -0.3 is 5.11 Å². The molecule has 0 heterocycles. The van der Waals surface area contributed by atoms with Gasteiger partial charge in [0.25, 0.3) is 0 Å². The molecule has 1 N–H and O–H groups in total. The second-order valence-corrected chi connectivity index (χ2v) is 5.01. The first-order valence-corrected chi connectivity index (χ1v) is 5.67. The van der Waals surface area contributed by atoms with E-state index in [1.807, 2.05) is 0 Å². The van der Waals surface area contributed by atoms with E-state index < -0.39 is 5.60 Å². The molecule has 2 heteroatoms. The molecule has 15 heavy (non-hydrogen) atoms. The highest BCUT2D eigenvalue weighted by atomic mass is 19.1. The van der Waals surface area contributed by atoms with Gasteiger partial charge in [0.1, 0.15) is 5.82 Å². The number of halogens is 1. The molecule has 2 bridgehead atoms. The van der Waals surface area contributed by atoms with Crippen LogP contribution >= 0.6 is 0 Å². The van der Waals surface area contributed by atoms with Crippen LogP contribution in [-0.4, -0.2) is 5.11 Å². The predicted octanol–water partition coefficient (Wildman–Crippen LogP) is 2.83. The summed E-state index contributed by atoms with van der Waals surface area (Å²) in [6.45, 7) is 0. The maximum atomic E-state index is 12.8. The van der Waals surface area contributed by atoms with Gasteiger partial charge in [-0.05, 0) is 55.2 Å². The zero-order valence-corrected chi connectivity index (χ0v) is 8.62. The van der Waals surface area contributed by atoms with E-state index in [0.29, 0.717) is 11.8 Å². The lowest BCUT2D eigenvalue weighted by Gasteiger charge is -2.32. The monoisotopic (exact) mass is 206 g/mol. The van der Waals surface area contributed by atoms with Gasteiger partial charge >= 0.3 is 0 Å². The van der Waals surface area contributed by atoms with Crippen LogP contribution in [0.15, 0.2) is 24.3 Å². The van der Waals surface area contributed by atoms with E-state index in [-0.39, 0.29) is 5.82 Å². The predicted molar refractivity (Wildman–Crippen MR) is 55.7 cm³/mol. The molecule has 0 radical (unpaired) electrons. The van der Waals surface area contributed by atoms with Crippen molar-refractivity contribution in [2.75, 3.05) is 0 Å². The minimum atomic E-state index is -0.670. The maximum absolute atomic E-state index is 12.8. The standard InChI is InChI=1S/C13H15FO/c14-12-5-3-10(4-6-12)13(15)8-9-1-2-11(13)7-9/h3-6,9,11,15H,1-2,7-8H2/t9-,11+,13+/m0/s1. The molecule has 1 aromatic carbocycles. The summed E-state index contributed by atoms with van der Waals surface area (Å²) in [5.41, 5.74) is 0.229. The van der Waals surface area contributed by atoms with Gasteiger partial charge in [-0.25, -0.2) is 4.39 Å². The molecule has 0 spiro atoms. The quantitative estimate of drug-likeness (QED) is 0.749. The Kier molecular flexibility index (Phi) is 1.90. The number of fused-ring (bicyclic) bond motifs is 2. The summed E-state index contributed by atoms with van der Waals surface area (Å²) in [5, 5.41) is 10.6. The minimum Gasteiger partial charge on any atom is -0.385 e. The normalized spacial score (nSPS) is 38.5. The van der Waals surface area contributed by atoms with Crippen molar-refractivity contribution >= 4 is 0 Å². The Morgan fingerprint density at radius 1 is 1.20 bits per heavy atom. The summed E-state index contributed by atoms with van der Waals surface area (Å²) in [5.74, 6) is 0.850. The fourth-order valence-electron chi connectivity index (χ4n) is 3.39.